The molecule has 0 unspecified atom stereocenters. The van der Waals surface area contributed by atoms with Crippen LogP contribution in [-0.2, 0) is 16.0 Å². The zero-order valence-electron chi connectivity index (χ0n) is 19.7. The number of para-hydroxylation sites is 1. The molecular formula is C29H29N3O3. The summed E-state index contributed by atoms with van der Waals surface area (Å²) in [5.74, 6) is -0.298. The highest BCUT2D eigenvalue weighted by Gasteiger charge is 2.23. The average molecular weight is 468 g/mol. The van der Waals surface area contributed by atoms with E-state index in [1.54, 1.807) is 35.2 Å². The van der Waals surface area contributed by atoms with Crippen molar-refractivity contribution in [3.8, 4) is 0 Å². The lowest BCUT2D eigenvalue weighted by molar-refractivity contribution is -0.118. The van der Waals surface area contributed by atoms with Crippen molar-refractivity contribution >= 4 is 35.2 Å². The van der Waals surface area contributed by atoms with Crippen molar-refractivity contribution in [3.05, 3.63) is 102 Å². The summed E-state index contributed by atoms with van der Waals surface area (Å²) in [5.41, 5.74) is 3.85. The first-order valence-corrected chi connectivity index (χ1v) is 11.9. The van der Waals surface area contributed by atoms with E-state index in [-0.39, 0.29) is 24.1 Å². The van der Waals surface area contributed by atoms with Gasteiger partial charge in [0, 0.05) is 35.6 Å². The first-order valence-electron chi connectivity index (χ1n) is 11.9. The summed E-state index contributed by atoms with van der Waals surface area (Å²) in [7, 11) is 0. The van der Waals surface area contributed by atoms with Gasteiger partial charge in [-0.3, -0.25) is 14.4 Å². The summed E-state index contributed by atoms with van der Waals surface area (Å²) in [6.07, 6.45) is 5.54. The summed E-state index contributed by atoms with van der Waals surface area (Å²) in [4.78, 5) is 38.9. The van der Waals surface area contributed by atoms with Crippen molar-refractivity contribution in [2.45, 2.75) is 32.2 Å². The van der Waals surface area contributed by atoms with Crippen molar-refractivity contribution in [2.75, 3.05) is 16.8 Å². The number of hydrogen-bond donors (Lipinski definition) is 2. The lowest BCUT2D eigenvalue weighted by Gasteiger charge is -2.21. The van der Waals surface area contributed by atoms with Crippen LogP contribution in [0.15, 0.2) is 84.9 Å². The van der Waals surface area contributed by atoms with Crippen LogP contribution < -0.4 is 15.5 Å². The molecule has 1 aliphatic carbocycles. The summed E-state index contributed by atoms with van der Waals surface area (Å²) >= 11 is 0. The number of anilines is 2. The second-order valence-corrected chi connectivity index (χ2v) is 8.54. The molecule has 1 fully saturated rings. The van der Waals surface area contributed by atoms with E-state index in [1.807, 2.05) is 61.5 Å². The zero-order chi connectivity index (χ0) is 24.6. The Balaban J connectivity index is 1.28. The highest BCUT2D eigenvalue weighted by atomic mass is 16.2. The Kier molecular flexibility index (Phi) is 7.73. The Morgan fingerprint density at radius 3 is 2.23 bits per heavy atom. The Hall–Kier alpha value is -4.19. The minimum absolute atomic E-state index is 0.0226. The lowest BCUT2D eigenvalue weighted by atomic mass is 10.1. The fourth-order valence-electron chi connectivity index (χ4n) is 3.68. The largest absolute Gasteiger partial charge is 0.349 e. The van der Waals surface area contributed by atoms with Gasteiger partial charge in [0.05, 0.1) is 6.42 Å². The normalized spacial score (nSPS) is 12.8. The van der Waals surface area contributed by atoms with E-state index < -0.39 is 0 Å². The maximum Gasteiger partial charge on any atom is 0.251 e. The van der Waals surface area contributed by atoms with Crippen LogP contribution in [0.3, 0.4) is 0 Å². The van der Waals surface area contributed by atoms with Gasteiger partial charge in [-0.05, 0) is 73.4 Å². The van der Waals surface area contributed by atoms with Crippen LogP contribution >= 0.6 is 0 Å². The highest BCUT2D eigenvalue weighted by Crippen LogP contribution is 2.20. The predicted octanol–water partition coefficient (Wildman–Crippen LogP) is 4.83. The topological polar surface area (TPSA) is 78.5 Å². The van der Waals surface area contributed by atoms with Crippen LogP contribution in [0.5, 0.6) is 0 Å². The standard InChI is InChI=1S/C29H29N3O3/c1-2-32(26-6-4-3-5-7-26)28(34)20-22-10-15-24(16-11-22)30-27(33)19-12-21-8-13-23(14-9-21)29(35)31-25-17-18-25/h3-16,19,25H,2,17-18,20H2,1H3,(H,30,33)(H,31,35)/b19-12+. The Labute approximate surface area is 205 Å². The van der Waals surface area contributed by atoms with Crippen LogP contribution in [0.25, 0.3) is 6.08 Å². The van der Waals surface area contributed by atoms with Crippen LogP contribution in [-0.4, -0.2) is 30.3 Å². The first-order chi connectivity index (χ1) is 17.0. The number of amides is 3. The summed E-state index contributed by atoms with van der Waals surface area (Å²) < 4.78 is 0. The Morgan fingerprint density at radius 1 is 0.914 bits per heavy atom. The highest BCUT2D eigenvalue weighted by molar-refractivity contribution is 6.02. The average Bonchev–Trinajstić information content (AvgIpc) is 3.69. The quantitative estimate of drug-likeness (QED) is 0.443. The molecule has 0 bridgehead atoms. The molecule has 1 aliphatic rings. The molecule has 6 heteroatoms. The van der Waals surface area contributed by atoms with E-state index in [4.69, 9.17) is 0 Å². The number of nitrogens with one attached hydrogen (secondary N) is 2. The molecule has 1 saturated carbocycles. The zero-order valence-corrected chi connectivity index (χ0v) is 19.7. The second kappa shape index (κ2) is 11.3. The third kappa shape index (κ3) is 6.90. The van der Waals surface area contributed by atoms with Gasteiger partial charge in [-0.2, -0.15) is 0 Å². The number of benzene rings is 3. The second-order valence-electron chi connectivity index (χ2n) is 8.54. The van der Waals surface area contributed by atoms with Crippen LogP contribution in [0.4, 0.5) is 11.4 Å². The SMILES string of the molecule is CCN(C(=O)Cc1ccc(NC(=O)/C=C/c2ccc(C(=O)NC3CC3)cc2)cc1)c1ccccc1. The molecule has 0 atom stereocenters. The molecule has 4 rings (SSSR count). The lowest BCUT2D eigenvalue weighted by Crippen LogP contribution is -2.31. The molecule has 0 aliphatic heterocycles. The molecule has 6 nitrogen and oxygen atoms in total. The maximum atomic E-state index is 12.8. The summed E-state index contributed by atoms with van der Waals surface area (Å²) in [5, 5.41) is 5.78. The third-order valence-electron chi connectivity index (χ3n) is 5.77. The predicted molar refractivity (Wildman–Crippen MR) is 139 cm³/mol. The minimum atomic E-state index is -0.259. The number of carbonyl (C=O) groups excluding carboxylic acids is 3. The van der Waals surface area contributed by atoms with Gasteiger partial charge in [-0.1, -0.05) is 42.5 Å². The minimum Gasteiger partial charge on any atom is -0.349 e. The summed E-state index contributed by atoms with van der Waals surface area (Å²) in [6, 6.07) is 24.3. The van der Waals surface area contributed by atoms with Crippen LogP contribution in [0, 0.1) is 0 Å². The number of rotatable bonds is 9. The van der Waals surface area contributed by atoms with Crippen LogP contribution in [0.2, 0.25) is 0 Å². The summed E-state index contributed by atoms with van der Waals surface area (Å²) in [6.45, 7) is 2.55. The van der Waals surface area contributed by atoms with E-state index in [9.17, 15) is 14.4 Å². The molecule has 35 heavy (non-hydrogen) atoms. The number of likely N-dealkylation sites (N-methyl/N-ethyl adjacent to an activating group) is 1. The monoisotopic (exact) mass is 467 g/mol. The molecule has 178 valence electrons. The van der Waals surface area contributed by atoms with Crippen molar-refractivity contribution in [3.63, 3.8) is 0 Å². The van der Waals surface area contributed by atoms with Crippen molar-refractivity contribution in [2.24, 2.45) is 0 Å². The molecule has 3 aromatic rings. The number of nitrogens with zero attached hydrogens (tertiary/aromatic N) is 1. The molecule has 2 N–H and O–H groups in total. The maximum absolute atomic E-state index is 12.8. The first kappa shape index (κ1) is 24.0. The van der Waals surface area contributed by atoms with E-state index >= 15 is 0 Å². The number of carbonyl (C=O) groups is 3. The molecule has 0 saturated heterocycles. The Bertz CT molecular complexity index is 1200. The van der Waals surface area contributed by atoms with Crippen LogP contribution in [0.1, 0.15) is 41.3 Å². The van der Waals surface area contributed by atoms with Gasteiger partial charge in [0.25, 0.3) is 5.91 Å². The van der Waals surface area contributed by atoms with Gasteiger partial charge >= 0.3 is 0 Å². The van der Waals surface area contributed by atoms with Gasteiger partial charge in [0.1, 0.15) is 0 Å². The van der Waals surface area contributed by atoms with Gasteiger partial charge in [0.2, 0.25) is 11.8 Å². The van der Waals surface area contributed by atoms with E-state index in [2.05, 4.69) is 10.6 Å². The Morgan fingerprint density at radius 2 is 1.60 bits per heavy atom. The van der Waals surface area contributed by atoms with E-state index in [0.717, 1.165) is 29.7 Å². The number of hydrogen-bond acceptors (Lipinski definition) is 3. The van der Waals surface area contributed by atoms with Crippen molar-refractivity contribution in [1.82, 2.24) is 5.32 Å². The molecule has 0 heterocycles. The van der Waals surface area contributed by atoms with Gasteiger partial charge in [-0.25, -0.2) is 0 Å². The smallest absolute Gasteiger partial charge is 0.251 e. The van der Waals surface area contributed by atoms with E-state index in [0.29, 0.717) is 23.8 Å². The molecule has 0 spiro atoms. The van der Waals surface area contributed by atoms with Gasteiger partial charge < -0.3 is 15.5 Å². The molecule has 0 aromatic heterocycles. The van der Waals surface area contributed by atoms with Gasteiger partial charge in [-0.15, -0.1) is 0 Å². The fourth-order valence-corrected chi connectivity index (χ4v) is 3.68. The molecule has 3 amide bonds. The van der Waals surface area contributed by atoms with E-state index in [1.165, 1.54) is 6.08 Å². The molecular weight excluding hydrogens is 438 g/mol. The van der Waals surface area contributed by atoms with Gasteiger partial charge in [0.15, 0.2) is 0 Å². The third-order valence-corrected chi connectivity index (χ3v) is 5.77. The molecule has 3 aromatic carbocycles. The van der Waals surface area contributed by atoms with Crippen molar-refractivity contribution in [1.29, 1.82) is 0 Å². The molecule has 0 radical (unpaired) electrons. The van der Waals surface area contributed by atoms with Crippen molar-refractivity contribution < 1.29 is 14.4 Å². The fraction of sp³-hybridized carbons (Fsp3) is 0.207.